The number of quaternary nitrogens is 1. The van der Waals surface area contributed by atoms with Gasteiger partial charge in [-0.05, 0) is 6.58 Å². The highest BCUT2D eigenvalue weighted by atomic mass is 19.3. The molecule has 0 radical (unpaired) electrons. The molecule has 2 nitrogen and oxygen atoms in total. The summed E-state index contributed by atoms with van der Waals surface area (Å²) in [5.41, 5.74) is 0. The lowest BCUT2D eigenvalue weighted by Gasteiger charge is -1.54. The van der Waals surface area contributed by atoms with E-state index in [0.717, 1.165) is 0 Å². The van der Waals surface area contributed by atoms with E-state index >= 15 is 0 Å². The fourth-order valence-electron chi connectivity index (χ4n) is 0. The van der Waals surface area contributed by atoms with Crippen molar-refractivity contribution in [2.24, 2.45) is 0 Å². The van der Waals surface area contributed by atoms with Crippen LogP contribution in [-0.2, 0) is 0 Å². The summed E-state index contributed by atoms with van der Waals surface area (Å²) in [4.78, 5) is 0. The van der Waals surface area contributed by atoms with Gasteiger partial charge in [0.1, 0.15) is 0 Å². The van der Waals surface area contributed by atoms with Gasteiger partial charge in [0.15, 0.2) is 0 Å². The van der Waals surface area contributed by atoms with Crippen molar-refractivity contribution in [2.75, 3.05) is 0 Å². The van der Waals surface area contributed by atoms with Crippen LogP contribution in [0.2, 0.25) is 0 Å². The number of halogens is 2. The van der Waals surface area contributed by atoms with Gasteiger partial charge in [-0.25, -0.2) is 11.1 Å². The Morgan fingerprint density at radius 1 is 1.50 bits per heavy atom. The van der Waals surface area contributed by atoms with Crippen LogP contribution in [-0.4, -0.2) is 5.21 Å². The molecule has 0 atom stereocenters. The van der Waals surface area contributed by atoms with E-state index in [1.165, 1.54) is 0 Å². The van der Waals surface area contributed by atoms with Crippen molar-refractivity contribution in [1.29, 1.82) is 0 Å². The highest BCUT2D eigenvalue weighted by Gasteiger charge is 1.65. The normalized spacial score (nSPS) is 5.33. The van der Waals surface area contributed by atoms with Gasteiger partial charge in [-0.15, -0.1) is 0 Å². The smallest absolute Gasteiger partial charge is 0.222 e. The van der Waals surface area contributed by atoms with Crippen LogP contribution in [0.4, 0.5) is 8.78 Å². The molecule has 0 aromatic rings. The van der Waals surface area contributed by atoms with Gasteiger partial charge in [0.25, 0.3) is 6.08 Å². The van der Waals surface area contributed by atoms with Crippen molar-refractivity contribution in [1.82, 2.24) is 0 Å². The molecular formula is C2H6F2NO+. The Morgan fingerprint density at radius 3 is 1.50 bits per heavy atom. The molecule has 0 aromatic carbocycles. The average molecular weight is 98.1 g/mol. The van der Waals surface area contributed by atoms with Gasteiger partial charge in [0.05, 0.1) is 0 Å². The van der Waals surface area contributed by atoms with Crippen LogP contribution in [0.15, 0.2) is 12.7 Å². The average Bonchev–Trinajstić information content (AvgIpc) is 1.41. The first-order valence-corrected chi connectivity index (χ1v) is 1.05. The Labute approximate surface area is 33.8 Å². The lowest BCUT2D eigenvalue weighted by atomic mass is 11.2. The zero-order valence-corrected chi connectivity index (χ0v) is 3.12. The Morgan fingerprint density at radius 2 is 1.50 bits per heavy atom. The van der Waals surface area contributed by atoms with Crippen LogP contribution in [0.1, 0.15) is 0 Å². The highest BCUT2D eigenvalue weighted by Crippen LogP contribution is 1.85. The van der Waals surface area contributed by atoms with Gasteiger partial charge in [-0.3, -0.25) is 0 Å². The molecule has 0 heterocycles. The topological polar surface area (TPSA) is 47.9 Å². The predicted octanol–water partition coefficient (Wildman–Crippen LogP) is 0.0141. The monoisotopic (exact) mass is 98.0 g/mol. The number of rotatable bonds is 0. The Hall–Kier alpha value is -0.480. The minimum absolute atomic E-state index is 1.83. The summed E-state index contributed by atoms with van der Waals surface area (Å²) in [6.45, 7) is 2.22. The van der Waals surface area contributed by atoms with Gasteiger partial charge in [0, 0.05) is 0 Å². The van der Waals surface area contributed by atoms with Crippen molar-refractivity contribution in [3.63, 3.8) is 0 Å². The summed E-state index contributed by atoms with van der Waals surface area (Å²) in [6, 6.07) is 0. The summed E-state index contributed by atoms with van der Waals surface area (Å²) in [5.74, 6) is 2.25. The van der Waals surface area contributed by atoms with Crippen molar-refractivity contribution in [2.45, 2.75) is 0 Å². The molecule has 38 valence electrons. The van der Waals surface area contributed by atoms with E-state index < -0.39 is 6.08 Å². The SMILES string of the molecule is C=C(F)F.[NH3+]O. The largest absolute Gasteiger partial charge is 0.263 e. The van der Waals surface area contributed by atoms with Gasteiger partial charge in [-0.1, -0.05) is 0 Å². The molecule has 0 aliphatic carbocycles. The van der Waals surface area contributed by atoms with Gasteiger partial charge in [-0.2, -0.15) is 8.78 Å². The molecular weight excluding hydrogens is 92.0 g/mol. The summed E-state index contributed by atoms with van der Waals surface area (Å²) < 4.78 is 20.3. The minimum atomic E-state index is -1.83. The van der Waals surface area contributed by atoms with E-state index in [4.69, 9.17) is 5.21 Å². The second kappa shape index (κ2) is 8.82. The molecule has 0 unspecified atom stereocenters. The molecule has 0 saturated carbocycles. The third-order valence-electron chi connectivity index (χ3n) is 0. The van der Waals surface area contributed by atoms with Crippen LogP contribution in [0.25, 0.3) is 0 Å². The zero-order chi connectivity index (χ0) is 5.58. The van der Waals surface area contributed by atoms with E-state index in [1.807, 2.05) is 0 Å². The van der Waals surface area contributed by atoms with Crippen LogP contribution in [0.3, 0.4) is 0 Å². The van der Waals surface area contributed by atoms with E-state index in [2.05, 4.69) is 12.5 Å². The maximum atomic E-state index is 10.1. The van der Waals surface area contributed by atoms with Crippen LogP contribution in [0.5, 0.6) is 0 Å². The summed E-state index contributed by atoms with van der Waals surface area (Å²) in [5, 5.41) is 6.75. The van der Waals surface area contributed by atoms with E-state index in [0.29, 0.717) is 0 Å². The van der Waals surface area contributed by atoms with Gasteiger partial charge >= 0.3 is 0 Å². The zero-order valence-electron chi connectivity index (χ0n) is 3.12. The first-order valence-electron chi connectivity index (χ1n) is 1.05. The molecule has 0 aromatic heterocycles. The van der Waals surface area contributed by atoms with Crippen LogP contribution in [0, 0.1) is 0 Å². The predicted molar refractivity (Wildman–Crippen MR) is 16.0 cm³/mol. The quantitative estimate of drug-likeness (QED) is 0.412. The number of hydrogen-bond acceptors (Lipinski definition) is 1. The second-order valence-electron chi connectivity index (χ2n) is 0.339. The Bertz CT molecular complexity index is 34.5. The third-order valence-corrected chi connectivity index (χ3v) is 0. The molecule has 4 heteroatoms. The minimum Gasteiger partial charge on any atom is -0.222 e. The molecule has 0 saturated heterocycles. The van der Waals surface area contributed by atoms with E-state index in [1.54, 1.807) is 0 Å². The first kappa shape index (κ1) is 9.10. The first-order chi connectivity index (χ1) is 2.73. The van der Waals surface area contributed by atoms with Crippen molar-refractivity contribution < 1.29 is 19.9 Å². The third kappa shape index (κ3) is 97.0. The lowest BCUT2D eigenvalue weighted by Crippen LogP contribution is -2.42. The lowest BCUT2D eigenvalue weighted by molar-refractivity contribution is -0.670. The Balaban J connectivity index is 0. The standard InChI is InChI=1S/C2H2F2.H4NO/c1-2(3)4;1-2/h1H2;2H,1H3/q;+1. The molecule has 0 amide bonds. The second-order valence-corrected chi connectivity index (χ2v) is 0.339. The van der Waals surface area contributed by atoms with Crippen LogP contribution >= 0.6 is 0 Å². The fourth-order valence-corrected chi connectivity index (χ4v) is 0. The molecule has 0 rings (SSSR count). The molecule has 0 aliphatic rings. The summed E-state index contributed by atoms with van der Waals surface area (Å²) >= 11 is 0. The van der Waals surface area contributed by atoms with Gasteiger partial charge in [0.2, 0.25) is 0 Å². The summed E-state index contributed by atoms with van der Waals surface area (Å²) in [7, 11) is 0. The maximum Gasteiger partial charge on any atom is 0.263 e. The van der Waals surface area contributed by atoms with E-state index in [-0.39, 0.29) is 0 Å². The fraction of sp³-hybridized carbons (Fsp3) is 0. The van der Waals surface area contributed by atoms with Crippen molar-refractivity contribution in [3.05, 3.63) is 12.7 Å². The highest BCUT2D eigenvalue weighted by molar-refractivity contribution is 4.57. The molecule has 6 heavy (non-hydrogen) atoms. The van der Waals surface area contributed by atoms with Crippen molar-refractivity contribution >= 4 is 0 Å². The van der Waals surface area contributed by atoms with Crippen molar-refractivity contribution in [3.8, 4) is 0 Å². The number of hydrogen-bond donors (Lipinski definition) is 2. The Kier molecular flexibility index (Phi) is 13.4. The van der Waals surface area contributed by atoms with E-state index in [9.17, 15) is 8.78 Å². The molecule has 4 N–H and O–H groups in total. The molecule has 0 fully saturated rings. The summed E-state index contributed by atoms with van der Waals surface area (Å²) in [6.07, 6.45) is -1.83. The van der Waals surface area contributed by atoms with Gasteiger partial charge < -0.3 is 0 Å². The molecule has 0 bridgehead atoms. The van der Waals surface area contributed by atoms with Crippen LogP contribution < -0.4 is 5.90 Å². The molecule has 0 spiro atoms. The maximum absolute atomic E-state index is 10.1. The molecule has 0 aliphatic heterocycles.